The number of hydrogen-bond donors (Lipinski definition) is 3. The zero-order valence-electron chi connectivity index (χ0n) is 24.6. The van der Waals surface area contributed by atoms with Crippen LogP contribution in [0, 0.1) is 29.1 Å². The van der Waals surface area contributed by atoms with Crippen LogP contribution in [0.3, 0.4) is 0 Å². The highest BCUT2D eigenvalue weighted by Gasteiger charge is 2.42. The van der Waals surface area contributed by atoms with Crippen molar-refractivity contribution >= 4 is 0 Å². The highest BCUT2D eigenvalue weighted by Crippen LogP contribution is 2.41. The van der Waals surface area contributed by atoms with Crippen LogP contribution >= 0.6 is 0 Å². The summed E-state index contributed by atoms with van der Waals surface area (Å²) in [6, 6.07) is 12.9. The van der Waals surface area contributed by atoms with E-state index in [-0.39, 0.29) is 19.8 Å². The first-order chi connectivity index (χ1) is 17.4. The predicted molar refractivity (Wildman–Crippen MR) is 154 cm³/mol. The zero-order valence-corrected chi connectivity index (χ0v) is 24.6. The van der Waals surface area contributed by atoms with Gasteiger partial charge in [0.15, 0.2) is 0 Å². The first-order valence-electron chi connectivity index (χ1n) is 14.2. The molecule has 2 aromatic carbocycles. The third-order valence-corrected chi connectivity index (χ3v) is 6.90. The summed E-state index contributed by atoms with van der Waals surface area (Å²) in [5.41, 5.74) is 4.54. The fraction of sp³-hybridized carbons (Fsp3) is 0.636. The Morgan fingerprint density at radius 1 is 0.595 bits per heavy atom. The van der Waals surface area contributed by atoms with Crippen molar-refractivity contribution in [3.05, 3.63) is 64.2 Å². The van der Waals surface area contributed by atoms with Gasteiger partial charge in [0.1, 0.15) is 11.9 Å². The lowest BCUT2D eigenvalue weighted by molar-refractivity contribution is -0.0748. The van der Waals surface area contributed by atoms with Crippen LogP contribution in [0.25, 0.3) is 0 Å². The van der Waals surface area contributed by atoms with E-state index < -0.39 is 11.5 Å². The maximum Gasteiger partial charge on any atom is 0.136 e. The van der Waals surface area contributed by atoms with Crippen LogP contribution in [0.1, 0.15) is 89.3 Å². The summed E-state index contributed by atoms with van der Waals surface area (Å²) >= 11 is 0. The number of benzene rings is 2. The zero-order chi connectivity index (χ0) is 27.8. The Morgan fingerprint density at radius 2 is 1.03 bits per heavy atom. The van der Waals surface area contributed by atoms with Gasteiger partial charge in [0.2, 0.25) is 0 Å². The summed E-state index contributed by atoms with van der Waals surface area (Å²) in [6.45, 7) is 16.5. The number of aliphatic hydroxyl groups is 3. The van der Waals surface area contributed by atoms with Crippen molar-refractivity contribution in [2.45, 2.75) is 87.2 Å². The first kappa shape index (κ1) is 31.3. The Bertz CT molecular complexity index is 949. The van der Waals surface area contributed by atoms with Gasteiger partial charge in [0.05, 0.1) is 25.2 Å². The van der Waals surface area contributed by atoms with Gasteiger partial charge in [-0.1, -0.05) is 85.7 Å². The van der Waals surface area contributed by atoms with Crippen LogP contribution < -0.4 is 4.74 Å². The molecule has 0 aliphatic rings. The second-order valence-electron chi connectivity index (χ2n) is 12.7. The molecule has 0 saturated carbocycles. The molecule has 4 nitrogen and oxygen atoms in total. The SMILES string of the molecule is CC(C)Cc1ccc(OC(c2ccc(CC(C)C)cc2CC(C)C)C(CO)(CO)CO)c(CC(C)C)c1. The van der Waals surface area contributed by atoms with E-state index >= 15 is 0 Å². The molecule has 0 heterocycles. The van der Waals surface area contributed by atoms with Gasteiger partial charge in [0.25, 0.3) is 0 Å². The van der Waals surface area contributed by atoms with Gasteiger partial charge in [-0.3, -0.25) is 0 Å². The standard InChI is InChI=1S/C33H52O4/c1-22(2)13-26-9-11-30(28(17-26)15-24(5)6)32(33(19-34,20-35)21-36)37-31-12-10-27(14-23(3)4)18-29(31)16-25(7)8/h9-12,17-18,22-25,32,34-36H,13-16,19-21H2,1-8H3. The van der Waals surface area contributed by atoms with E-state index in [1.807, 2.05) is 6.07 Å². The maximum atomic E-state index is 10.5. The van der Waals surface area contributed by atoms with E-state index in [0.29, 0.717) is 23.7 Å². The second-order valence-corrected chi connectivity index (χ2v) is 12.7. The summed E-state index contributed by atoms with van der Waals surface area (Å²) in [5.74, 6) is 2.72. The highest BCUT2D eigenvalue weighted by molar-refractivity contribution is 5.41. The number of hydrogen-bond acceptors (Lipinski definition) is 4. The molecular formula is C33H52O4. The molecule has 208 valence electrons. The molecule has 0 radical (unpaired) electrons. The Morgan fingerprint density at radius 3 is 1.49 bits per heavy atom. The van der Waals surface area contributed by atoms with E-state index in [2.05, 4.69) is 85.7 Å². The summed E-state index contributed by atoms with van der Waals surface area (Å²) in [7, 11) is 0. The van der Waals surface area contributed by atoms with Crippen molar-refractivity contribution in [1.82, 2.24) is 0 Å². The smallest absolute Gasteiger partial charge is 0.136 e. The van der Waals surface area contributed by atoms with Gasteiger partial charge in [-0.05, 0) is 83.2 Å². The van der Waals surface area contributed by atoms with Crippen LogP contribution in [0.2, 0.25) is 0 Å². The Kier molecular flexibility index (Phi) is 12.1. The van der Waals surface area contributed by atoms with Crippen molar-refractivity contribution in [2.75, 3.05) is 19.8 Å². The molecule has 0 aliphatic carbocycles. The van der Waals surface area contributed by atoms with Crippen LogP contribution in [0.4, 0.5) is 0 Å². The fourth-order valence-corrected chi connectivity index (χ4v) is 5.12. The highest BCUT2D eigenvalue weighted by atomic mass is 16.5. The third kappa shape index (κ3) is 8.84. The van der Waals surface area contributed by atoms with E-state index in [0.717, 1.165) is 48.1 Å². The molecule has 0 aromatic heterocycles. The molecule has 3 N–H and O–H groups in total. The first-order valence-corrected chi connectivity index (χ1v) is 14.2. The summed E-state index contributed by atoms with van der Waals surface area (Å²) < 4.78 is 6.79. The molecule has 2 aromatic rings. The van der Waals surface area contributed by atoms with E-state index in [4.69, 9.17) is 4.74 Å². The largest absolute Gasteiger partial charge is 0.485 e. The molecule has 0 bridgehead atoms. The van der Waals surface area contributed by atoms with Crippen molar-refractivity contribution in [1.29, 1.82) is 0 Å². The second kappa shape index (κ2) is 14.3. The molecule has 4 heteroatoms. The Balaban J connectivity index is 2.68. The number of rotatable bonds is 15. The van der Waals surface area contributed by atoms with Crippen LogP contribution in [0.15, 0.2) is 36.4 Å². The van der Waals surface area contributed by atoms with E-state index in [1.54, 1.807) is 0 Å². The maximum absolute atomic E-state index is 10.5. The van der Waals surface area contributed by atoms with Crippen molar-refractivity contribution in [3.63, 3.8) is 0 Å². The Hall–Kier alpha value is -1.88. The van der Waals surface area contributed by atoms with Gasteiger partial charge in [-0.2, -0.15) is 0 Å². The lowest BCUT2D eigenvalue weighted by Gasteiger charge is -2.38. The van der Waals surface area contributed by atoms with Gasteiger partial charge in [-0.15, -0.1) is 0 Å². The molecule has 0 saturated heterocycles. The molecule has 2 rings (SSSR count). The fourth-order valence-electron chi connectivity index (χ4n) is 5.12. The summed E-state index contributed by atoms with van der Waals surface area (Å²) in [5, 5.41) is 31.5. The summed E-state index contributed by atoms with van der Waals surface area (Å²) in [6.07, 6.45) is 3.00. The monoisotopic (exact) mass is 512 g/mol. The lowest BCUT2D eigenvalue weighted by atomic mass is 9.77. The van der Waals surface area contributed by atoms with Gasteiger partial charge in [-0.25, -0.2) is 0 Å². The topological polar surface area (TPSA) is 69.9 Å². The lowest BCUT2D eigenvalue weighted by Crippen LogP contribution is -2.43. The molecule has 1 unspecified atom stereocenters. The molecule has 0 amide bonds. The van der Waals surface area contributed by atoms with Crippen LogP contribution in [-0.2, 0) is 25.7 Å². The van der Waals surface area contributed by atoms with Crippen molar-refractivity contribution in [3.8, 4) is 5.75 Å². The molecule has 1 atom stereocenters. The molecule has 0 aliphatic heterocycles. The molecule has 37 heavy (non-hydrogen) atoms. The Labute approximate surface area is 226 Å². The van der Waals surface area contributed by atoms with E-state index in [9.17, 15) is 15.3 Å². The van der Waals surface area contributed by atoms with Crippen LogP contribution in [-0.4, -0.2) is 35.1 Å². The minimum atomic E-state index is -1.23. The molecular weight excluding hydrogens is 460 g/mol. The minimum Gasteiger partial charge on any atom is -0.485 e. The average molecular weight is 513 g/mol. The molecule has 0 spiro atoms. The van der Waals surface area contributed by atoms with Gasteiger partial charge < -0.3 is 20.1 Å². The van der Waals surface area contributed by atoms with Gasteiger partial charge in [0, 0.05) is 0 Å². The minimum absolute atomic E-state index is 0.384. The van der Waals surface area contributed by atoms with E-state index in [1.165, 1.54) is 11.1 Å². The average Bonchev–Trinajstić information content (AvgIpc) is 2.80. The quantitative estimate of drug-likeness (QED) is 0.253. The van der Waals surface area contributed by atoms with Crippen molar-refractivity contribution in [2.24, 2.45) is 29.1 Å². The number of aliphatic hydroxyl groups excluding tert-OH is 3. The molecule has 0 fully saturated rings. The summed E-state index contributed by atoms with van der Waals surface area (Å²) in [4.78, 5) is 0. The van der Waals surface area contributed by atoms with Crippen molar-refractivity contribution < 1.29 is 20.1 Å². The third-order valence-electron chi connectivity index (χ3n) is 6.90. The normalized spacial score (nSPS) is 13.3. The van der Waals surface area contributed by atoms with Crippen LogP contribution in [0.5, 0.6) is 5.75 Å². The predicted octanol–water partition coefficient (Wildman–Crippen LogP) is 6.56. The van der Waals surface area contributed by atoms with Gasteiger partial charge >= 0.3 is 0 Å². The number of ether oxygens (including phenoxy) is 1.